The molecule has 0 saturated heterocycles. The standard InChI is InChI=1S/C14H18N2O4S/c1-16(6-8-21(2,19)20)14(18)13-9-12(10-15-11-13)5-3-4-7-17/h9-11,17H,4,6-8H2,1-2H3. The maximum Gasteiger partial charge on any atom is 0.255 e. The summed E-state index contributed by atoms with van der Waals surface area (Å²) < 4.78 is 22.2. The molecular formula is C14H18N2O4S. The molecule has 0 aliphatic carbocycles. The van der Waals surface area contributed by atoms with Crippen molar-refractivity contribution >= 4 is 15.7 Å². The fourth-order valence-corrected chi connectivity index (χ4v) is 2.08. The van der Waals surface area contributed by atoms with Gasteiger partial charge < -0.3 is 10.0 Å². The van der Waals surface area contributed by atoms with Gasteiger partial charge in [-0.3, -0.25) is 9.78 Å². The Balaban J connectivity index is 2.78. The number of carbonyl (C=O) groups excluding carboxylic acids is 1. The van der Waals surface area contributed by atoms with Crippen LogP contribution in [0.15, 0.2) is 18.5 Å². The van der Waals surface area contributed by atoms with E-state index < -0.39 is 9.84 Å². The SMILES string of the molecule is CN(CCS(C)(=O)=O)C(=O)c1cncc(C#CCCO)c1. The predicted molar refractivity (Wildman–Crippen MR) is 79.5 cm³/mol. The van der Waals surface area contributed by atoms with Gasteiger partial charge in [0.05, 0.1) is 17.9 Å². The van der Waals surface area contributed by atoms with Crippen molar-refractivity contribution in [1.29, 1.82) is 0 Å². The highest BCUT2D eigenvalue weighted by Gasteiger charge is 2.14. The Morgan fingerprint density at radius 1 is 1.43 bits per heavy atom. The third kappa shape index (κ3) is 6.38. The highest BCUT2D eigenvalue weighted by Crippen LogP contribution is 2.05. The van der Waals surface area contributed by atoms with Crippen molar-refractivity contribution in [1.82, 2.24) is 9.88 Å². The van der Waals surface area contributed by atoms with E-state index in [2.05, 4.69) is 16.8 Å². The van der Waals surface area contributed by atoms with E-state index >= 15 is 0 Å². The maximum atomic E-state index is 12.1. The Kier molecular flexibility index (Phi) is 6.34. The first-order valence-corrected chi connectivity index (χ1v) is 8.37. The van der Waals surface area contributed by atoms with Gasteiger partial charge in [0.25, 0.3) is 5.91 Å². The molecule has 0 aromatic carbocycles. The van der Waals surface area contributed by atoms with Crippen LogP contribution in [-0.2, 0) is 9.84 Å². The van der Waals surface area contributed by atoms with Gasteiger partial charge in [-0.1, -0.05) is 11.8 Å². The van der Waals surface area contributed by atoms with Crippen molar-refractivity contribution in [3.05, 3.63) is 29.6 Å². The average molecular weight is 310 g/mol. The van der Waals surface area contributed by atoms with E-state index in [1.54, 1.807) is 6.07 Å². The molecule has 0 aliphatic rings. The summed E-state index contributed by atoms with van der Waals surface area (Å²) in [7, 11) is -1.57. The molecule has 0 unspecified atom stereocenters. The molecule has 0 spiro atoms. The van der Waals surface area contributed by atoms with Crippen molar-refractivity contribution in [2.24, 2.45) is 0 Å². The Bertz CT molecular complexity index is 659. The molecule has 21 heavy (non-hydrogen) atoms. The number of nitrogens with zero attached hydrogens (tertiary/aromatic N) is 2. The van der Waals surface area contributed by atoms with E-state index in [0.717, 1.165) is 6.26 Å². The lowest BCUT2D eigenvalue weighted by atomic mass is 10.2. The monoisotopic (exact) mass is 310 g/mol. The van der Waals surface area contributed by atoms with E-state index in [1.807, 2.05) is 0 Å². The minimum Gasteiger partial charge on any atom is -0.395 e. The Morgan fingerprint density at radius 2 is 2.14 bits per heavy atom. The molecule has 1 aromatic rings. The fraction of sp³-hybridized carbons (Fsp3) is 0.429. The van der Waals surface area contributed by atoms with Gasteiger partial charge in [-0.05, 0) is 6.07 Å². The van der Waals surface area contributed by atoms with Crippen molar-refractivity contribution < 1.29 is 18.3 Å². The molecule has 1 aromatic heterocycles. The molecule has 1 amide bonds. The average Bonchev–Trinajstić information content (AvgIpc) is 2.44. The Labute approximate surface area is 124 Å². The van der Waals surface area contributed by atoms with Gasteiger partial charge in [0.15, 0.2) is 0 Å². The van der Waals surface area contributed by atoms with Crippen LogP contribution >= 0.6 is 0 Å². The number of rotatable bonds is 5. The summed E-state index contributed by atoms with van der Waals surface area (Å²) in [5, 5.41) is 8.66. The molecular weight excluding hydrogens is 292 g/mol. The number of amides is 1. The lowest BCUT2D eigenvalue weighted by Crippen LogP contribution is -2.31. The summed E-state index contributed by atoms with van der Waals surface area (Å²) in [4.78, 5) is 17.4. The first-order valence-electron chi connectivity index (χ1n) is 6.31. The largest absolute Gasteiger partial charge is 0.395 e. The highest BCUT2D eigenvalue weighted by atomic mass is 32.2. The summed E-state index contributed by atoms with van der Waals surface area (Å²) >= 11 is 0. The Morgan fingerprint density at radius 3 is 2.76 bits per heavy atom. The molecule has 1 rings (SSSR count). The summed E-state index contributed by atoms with van der Waals surface area (Å²) in [5.74, 6) is 5.15. The van der Waals surface area contributed by atoms with Gasteiger partial charge in [-0.2, -0.15) is 0 Å². The maximum absolute atomic E-state index is 12.1. The van der Waals surface area contributed by atoms with Crippen LogP contribution in [-0.4, -0.2) is 61.5 Å². The number of aliphatic hydroxyl groups is 1. The number of pyridine rings is 1. The summed E-state index contributed by atoms with van der Waals surface area (Å²) in [6.45, 7) is 0.103. The van der Waals surface area contributed by atoms with Crippen molar-refractivity contribution in [3.8, 4) is 11.8 Å². The van der Waals surface area contributed by atoms with Gasteiger partial charge in [-0.15, -0.1) is 0 Å². The summed E-state index contributed by atoms with van der Waals surface area (Å²) in [6.07, 6.45) is 4.42. The highest BCUT2D eigenvalue weighted by molar-refractivity contribution is 7.90. The van der Waals surface area contributed by atoms with E-state index in [0.29, 0.717) is 17.5 Å². The van der Waals surface area contributed by atoms with Gasteiger partial charge in [0.2, 0.25) is 0 Å². The molecule has 0 radical (unpaired) electrons. The second-order valence-corrected chi connectivity index (χ2v) is 6.85. The molecule has 0 fully saturated rings. The number of aliphatic hydroxyl groups excluding tert-OH is 1. The van der Waals surface area contributed by atoms with Crippen molar-refractivity contribution in [2.45, 2.75) is 6.42 Å². The van der Waals surface area contributed by atoms with Crippen LogP contribution in [0.2, 0.25) is 0 Å². The number of hydrogen-bond acceptors (Lipinski definition) is 5. The second kappa shape index (κ2) is 7.76. The van der Waals surface area contributed by atoms with Crippen LogP contribution in [0.25, 0.3) is 0 Å². The minimum absolute atomic E-state index is 0.0206. The Hall–Kier alpha value is -1.91. The van der Waals surface area contributed by atoms with Crippen LogP contribution in [0, 0.1) is 11.8 Å². The quantitative estimate of drug-likeness (QED) is 0.769. The smallest absolute Gasteiger partial charge is 0.255 e. The zero-order valence-corrected chi connectivity index (χ0v) is 12.9. The third-order valence-electron chi connectivity index (χ3n) is 2.60. The van der Waals surface area contributed by atoms with Crippen molar-refractivity contribution in [3.63, 3.8) is 0 Å². The van der Waals surface area contributed by atoms with Gasteiger partial charge in [0.1, 0.15) is 9.84 Å². The third-order valence-corrected chi connectivity index (χ3v) is 3.52. The number of hydrogen-bond donors (Lipinski definition) is 1. The molecule has 1 N–H and O–H groups in total. The van der Waals surface area contributed by atoms with E-state index in [4.69, 9.17) is 5.11 Å². The number of carbonyl (C=O) groups is 1. The first-order chi connectivity index (χ1) is 9.83. The summed E-state index contributed by atoms with van der Waals surface area (Å²) in [5.41, 5.74) is 0.924. The van der Waals surface area contributed by atoms with Crippen molar-refractivity contribution in [2.75, 3.05) is 32.2 Å². The van der Waals surface area contributed by atoms with Crippen LogP contribution in [0.5, 0.6) is 0 Å². The zero-order valence-electron chi connectivity index (χ0n) is 12.0. The van der Waals surface area contributed by atoms with E-state index in [-0.39, 0.29) is 24.8 Å². The molecule has 1 heterocycles. The van der Waals surface area contributed by atoms with Gasteiger partial charge >= 0.3 is 0 Å². The molecule has 7 heteroatoms. The number of aromatic nitrogens is 1. The summed E-state index contributed by atoms with van der Waals surface area (Å²) in [6, 6.07) is 1.59. The molecule has 114 valence electrons. The van der Waals surface area contributed by atoms with Crippen LogP contribution in [0.4, 0.5) is 0 Å². The molecule has 0 saturated carbocycles. The molecule has 0 aliphatic heterocycles. The van der Waals surface area contributed by atoms with Gasteiger partial charge in [-0.25, -0.2) is 8.42 Å². The first kappa shape index (κ1) is 17.1. The molecule has 0 atom stereocenters. The number of sulfone groups is 1. The van der Waals surface area contributed by atoms with Crippen LogP contribution in [0.1, 0.15) is 22.3 Å². The molecule has 6 nitrogen and oxygen atoms in total. The lowest BCUT2D eigenvalue weighted by Gasteiger charge is -2.16. The zero-order chi connectivity index (χ0) is 15.9. The van der Waals surface area contributed by atoms with E-state index in [1.165, 1.54) is 24.3 Å². The lowest BCUT2D eigenvalue weighted by molar-refractivity contribution is 0.0803. The minimum atomic E-state index is -3.11. The predicted octanol–water partition coefficient (Wildman–Crippen LogP) is -0.0679. The van der Waals surface area contributed by atoms with Gasteiger partial charge in [0, 0.05) is 44.2 Å². The van der Waals surface area contributed by atoms with Crippen LogP contribution < -0.4 is 0 Å². The topological polar surface area (TPSA) is 87.6 Å². The van der Waals surface area contributed by atoms with E-state index in [9.17, 15) is 13.2 Å². The van der Waals surface area contributed by atoms with Crippen LogP contribution in [0.3, 0.4) is 0 Å². The normalized spacial score (nSPS) is 10.6. The fourth-order valence-electron chi connectivity index (χ4n) is 1.47. The second-order valence-electron chi connectivity index (χ2n) is 4.59. The molecule has 0 bridgehead atoms.